The van der Waals surface area contributed by atoms with Gasteiger partial charge in [0.2, 0.25) is 5.91 Å². The quantitative estimate of drug-likeness (QED) is 0.296. The van der Waals surface area contributed by atoms with Gasteiger partial charge in [0.05, 0.1) is 12.4 Å². The standard InChI is InChI=1S/C28H29N3O3S/c1-2-34-23-14-12-22(13-15-23)28(33)29-16-17-31-19-26(24-10-6-7-11-25(24)31)35-20-27(32)30-18-21-8-4-3-5-9-21/h3-15,19H,2,16-18,20H2,1H3,(H,29,33)(H,30,32). The molecule has 0 fully saturated rings. The third-order valence-electron chi connectivity index (χ3n) is 5.51. The van der Waals surface area contributed by atoms with Crippen LogP contribution in [-0.2, 0) is 17.9 Å². The molecule has 0 saturated heterocycles. The highest BCUT2D eigenvalue weighted by Gasteiger charge is 2.12. The number of para-hydroxylation sites is 1. The molecule has 7 heteroatoms. The molecule has 0 bridgehead atoms. The van der Waals surface area contributed by atoms with Crippen molar-refractivity contribution in [1.82, 2.24) is 15.2 Å². The molecule has 1 heterocycles. The van der Waals surface area contributed by atoms with Gasteiger partial charge in [0.25, 0.3) is 5.91 Å². The summed E-state index contributed by atoms with van der Waals surface area (Å²) in [4.78, 5) is 25.9. The summed E-state index contributed by atoms with van der Waals surface area (Å²) >= 11 is 1.52. The highest BCUT2D eigenvalue weighted by Crippen LogP contribution is 2.29. The zero-order chi connectivity index (χ0) is 24.5. The lowest BCUT2D eigenvalue weighted by atomic mass is 10.2. The molecule has 0 aliphatic carbocycles. The summed E-state index contributed by atoms with van der Waals surface area (Å²) in [7, 11) is 0. The number of hydrogen-bond donors (Lipinski definition) is 2. The fourth-order valence-corrected chi connectivity index (χ4v) is 4.68. The van der Waals surface area contributed by atoms with Crippen molar-refractivity contribution in [1.29, 1.82) is 0 Å². The Labute approximate surface area is 209 Å². The van der Waals surface area contributed by atoms with E-state index in [0.29, 0.717) is 37.6 Å². The van der Waals surface area contributed by atoms with Crippen molar-refractivity contribution in [2.24, 2.45) is 0 Å². The minimum atomic E-state index is -0.116. The summed E-state index contributed by atoms with van der Waals surface area (Å²) in [6.45, 7) is 4.16. The highest BCUT2D eigenvalue weighted by molar-refractivity contribution is 8.00. The van der Waals surface area contributed by atoms with Gasteiger partial charge >= 0.3 is 0 Å². The van der Waals surface area contributed by atoms with Crippen LogP contribution >= 0.6 is 11.8 Å². The Balaban J connectivity index is 1.32. The average molecular weight is 488 g/mol. The number of carbonyl (C=O) groups is 2. The molecule has 0 radical (unpaired) electrons. The summed E-state index contributed by atoms with van der Waals surface area (Å²) in [6.07, 6.45) is 2.06. The fraction of sp³-hybridized carbons (Fsp3) is 0.214. The number of amides is 2. The maximum absolute atomic E-state index is 12.5. The van der Waals surface area contributed by atoms with Crippen molar-refractivity contribution in [2.75, 3.05) is 18.9 Å². The Morgan fingerprint density at radius 2 is 1.66 bits per heavy atom. The molecule has 6 nitrogen and oxygen atoms in total. The Hall–Kier alpha value is -3.71. The molecule has 4 aromatic rings. The first kappa shape index (κ1) is 24.4. The smallest absolute Gasteiger partial charge is 0.251 e. The Morgan fingerprint density at radius 1 is 0.914 bits per heavy atom. The highest BCUT2D eigenvalue weighted by atomic mass is 32.2. The van der Waals surface area contributed by atoms with E-state index in [0.717, 1.165) is 27.1 Å². The summed E-state index contributed by atoms with van der Waals surface area (Å²) in [6, 6.07) is 25.1. The predicted molar refractivity (Wildman–Crippen MR) is 141 cm³/mol. The Kier molecular flexibility index (Phi) is 8.46. The van der Waals surface area contributed by atoms with Gasteiger partial charge < -0.3 is 19.9 Å². The van der Waals surface area contributed by atoms with E-state index in [4.69, 9.17) is 4.74 Å². The van der Waals surface area contributed by atoms with E-state index in [-0.39, 0.29) is 11.8 Å². The molecule has 4 rings (SSSR count). The molecule has 2 N–H and O–H groups in total. The largest absolute Gasteiger partial charge is 0.494 e. The molecular weight excluding hydrogens is 458 g/mol. The first-order chi connectivity index (χ1) is 17.1. The molecule has 2 amide bonds. The summed E-state index contributed by atoms with van der Waals surface area (Å²) in [5, 5.41) is 7.06. The SMILES string of the molecule is CCOc1ccc(C(=O)NCCn2cc(SCC(=O)NCc3ccccc3)c3ccccc32)cc1. The lowest BCUT2D eigenvalue weighted by Crippen LogP contribution is -2.27. The van der Waals surface area contributed by atoms with Crippen molar-refractivity contribution in [2.45, 2.75) is 24.9 Å². The van der Waals surface area contributed by atoms with Crippen LogP contribution in [-0.4, -0.2) is 35.3 Å². The van der Waals surface area contributed by atoms with Crippen molar-refractivity contribution in [3.63, 3.8) is 0 Å². The molecule has 0 spiro atoms. The molecule has 0 aliphatic heterocycles. The Bertz CT molecular complexity index is 1270. The number of ether oxygens (including phenoxy) is 1. The van der Waals surface area contributed by atoms with Crippen LogP contribution in [0, 0.1) is 0 Å². The normalized spacial score (nSPS) is 10.8. The van der Waals surface area contributed by atoms with E-state index in [2.05, 4.69) is 33.5 Å². The monoisotopic (exact) mass is 487 g/mol. The predicted octanol–water partition coefficient (Wildman–Crippen LogP) is 4.88. The van der Waals surface area contributed by atoms with Crippen LogP contribution in [0.25, 0.3) is 10.9 Å². The van der Waals surface area contributed by atoms with Crippen LogP contribution in [0.1, 0.15) is 22.8 Å². The second-order valence-electron chi connectivity index (χ2n) is 7.97. The first-order valence-electron chi connectivity index (χ1n) is 11.7. The van der Waals surface area contributed by atoms with E-state index in [9.17, 15) is 9.59 Å². The molecule has 1 aromatic heterocycles. The van der Waals surface area contributed by atoms with Gasteiger partial charge in [-0.3, -0.25) is 9.59 Å². The van der Waals surface area contributed by atoms with E-state index in [1.165, 1.54) is 11.8 Å². The zero-order valence-corrected chi connectivity index (χ0v) is 20.5. The zero-order valence-electron chi connectivity index (χ0n) is 19.7. The van der Waals surface area contributed by atoms with E-state index >= 15 is 0 Å². The van der Waals surface area contributed by atoms with Gasteiger partial charge in [0.15, 0.2) is 0 Å². The number of thioether (sulfide) groups is 1. The maximum Gasteiger partial charge on any atom is 0.251 e. The van der Waals surface area contributed by atoms with Crippen LogP contribution in [0.3, 0.4) is 0 Å². The summed E-state index contributed by atoms with van der Waals surface area (Å²) in [5.41, 5.74) is 2.76. The Morgan fingerprint density at radius 3 is 2.43 bits per heavy atom. The van der Waals surface area contributed by atoms with Crippen molar-refractivity contribution >= 4 is 34.5 Å². The molecule has 180 valence electrons. The van der Waals surface area contributed by atoms with E-state index < -0.39 is 0 Å². The minimum Gasteiger partial charge on any atom is -0.494 e. The number of rotatable bonds is 11. The average Bonchev–Trinajstić information content (AvgIpc) is 3.25. The van der Waals surface area contributed by atoms with Gasteiger partial charge in [-0.25, -0.2) is 0 Å². The molecule has 0 saturated carbocycles. The molecule has 0 aliphatic rings. The number of nitrogens with zero attached hydrogens (tertiary/aromatic N) is 1. The van der Waals surface area contributed by atoms with Crippen molar-refractivity contribution in [3.05, 3.63) is 96.2 Å². The molecular formula is C28H29N3O3S. The van der Waals surface area contributed by atoms with Gasteiger partial charge in [0.1, 0.15) is 5.75 Å². The number of aromatic nitrogens is 1. The van der Waals surface area contributed by atoms with Gasteiger partial charge in [-0.1, -0.05) is 48.5 Å². The number of benzene rings is 3. The van der Waals surface area contributed by atoms with Crippen LogP contribution in [0.2, 0.25) is 0 Å². The summed E-state index contributed by atoms with van der Waals surface area (Å²) < 4.78 is 7.55. The van der Waals surface area contributed by atoms with Gasteiger partial charge in [-0.2, -0.15) is 0 Å². The van der Waals surface area contributed by atoms with E-state index in [1.807, 2.05) is 49.4 Å². The van der Waals surface area contributed by atoms with Gasteiger partial charge in [-0.05, 0) is 42.8 Å². The molecule has 0 atom stereocenters. The third kappa shape index (κ3) is 6.67. The number of hydrogen-bond acceptors (Lipinski definition) is 4. The minimum absolute atomic E-state index is 0.00157. The maximum atomic E-state index is 12.5. The molecule has 0 unspecified atom stereocenters. The number of nitrogens with one attached hydrogen (secondary N) is 2. The van der Waals surface area contributed by atoms with Crippen LogP contribution < -0.4 is 15.4 Å². The molecule has 35 heavy (non-hydrogen) atoms. The third-order valence-corrected chi connectivity index (χ3v) is 6.55. The van der Waals surface area contributed by atoms with Crippen LogP contribution in [0.5, 0.6) is 5.75 Å². The van der Waals surface area contributed by atoms with E-state index in [1.54, 1.807) is 24.3 Å². The van der Waals surface area contributed by atoms with Crippen molar-refractivity contribution < 1.29 is 14.3 Å². The van der Waals surface area contributed by atoms with Crippen LogP contribution in [0.4, 0.5) is 0 Å². The van der Waals surface area contributed by atoms with Gasteiger partial charge in [-0.15, -0.1) is 11.8 Å². The topological polar surface area (TPSA) is 72.4 Å². The lowest BCUT2D eigenvalue weighted by molar-refractivity contribution is -0.118. The lowest BCUT2D eigenvalue weighted by Gasteiger charge is -2.08. The number of carbonyl (C=O) groups excluding carboxylic acids is 2. The number of fused-ring (bicyclic) bond motifs is 1. The fourth-order valence-electron chi connectivity index (χ4n) is 3.77. The second kappa shape index (κ2) is 12.1. The van der Waals surface area contributed by atoms with Crippen LogP contribution in [0.15, 0.2) is 90.0 Å². The second-order valence-corrected chi connectivity index (χ2v) is 8.99. The molecule has 3 aromatic carbocycles. The van der Waals surface area contributed by atoms with Gasteiger partial charge in [0, 0.05) is 47.2 Å². The van der Waals surface area contributed by atoms with Crippen molar-refractivity contribution in [3.8, 4) is 5.75 Å². The summed E-state index contributed by atoms with van der Waals surface area (Å²) in [5.74, 6) is 0.976. The first-order valence-corrected chi connectivity index (χ1v) is 12.6.